The molecule has 2 aromatic heterocycles. The summed E-state index contributed by atoms with van der Waals surface area (Å²) < 4.78 is 17.7. The SMILES string of the molecule is CCCc1nnc(N2C(=O)c3oc4cc(C)c(C)cc4c(=O)c3C2c2ccc(OCC)c(OCC)c2)s1. The standard InChI is InChI=1S/C28H29N3O5S/c1-6-9-22-29-30-28(37-22)31-24(17-10-11-19(34-7-2)21(14-17)35-8-3)23-25(32)18-12-15(4)16(5)13-20(18)36-26(23)27(31)33/h10-14,24H,6-9H2,1-5H3. The third-order valence-corrected chi connectivity index (χ3v) is 7.48. The van der Waals surface area contributed by atoms with Crippen LogP contribution in [0.5, 0.6) is 11.5 Å². The number of rotatable bonds is 8. The van der Waals surface area contributed by atoms with Crippen molar-refractivity contribution < 1.29 is 18.7 Å². The first kappa shape index (κ1) is 25.0. The summed E-state index contributed by atoms with van der Waals surface area (Å²) in [5.74, 6) is 0.762. The van der Waals surface area contributed by atoms with Crippen molar-refractivity contribution in [3.63, 3.8) is 0 Å². The van der Waals surface area contributed by atoms with Gasteiger partial charge in [-0.15, -0.1) is 10.2 Å². The molecule has 0 N–H and O–H groups in total. The number of ether oxygens (including phenoxy) is 2. The minimum absolute atomic E-state index is 0.0323. The molecule has 3 heterocycles. The van der Waals surface area contributed by atoms with Gasteiger partial charge in [0.1, 0.15) is 10.6 Å². The summed E-state index contributed by atoms with van der Waals surface area (Å²) in [4.78, 5) is 29.3. The van der Waals surface area contributed by atoms with Gasteiger partial charge in [0.05, 0.1) is 30.2 Å². The molecule has 0 aliphatic carbocycles. The fraction of sp³-hybridized carbons (Fsp3) is 0.357. The van der Waals surface area contributed by atoms with E-state index in [9.17, 15) is 9.59 Å². The lowest BCUT2D eigenvalue weighted by atomic mass is 9.97. The van der Waals surface area contributed by atoms with Crippen LogP contribution in [0.15, 0.2) is 39.5 Å². The summed E-state index contributed by atoms with van der Waals surface area (Å²) in [6, 6.07) is 8.38. The second-order valence-corrected chi connectivity index (χ2v) is 10.0. The molecule has 8 nitrogen and oxygen atoms in total. The Morgan fingerprint density at radius 3 is 2.43 bits per heavy atom. The van der Waals surface area contributed by atoms with Gasteiger partial charge < -0.3 is 13.9 Å². The van der Waals surface area contributed by atoms with E-state index in [0.717, 1.165) is 29.0 Å². The zero-order valence-electron chi connectivity index (χ0n) is 21.6. The van der Waals surface area contributed by atoms with E-state index in [1.807, 2.05) is 58.0 Å². The summed E-state index contributed by atoms with van der Waals surface area (Å²) in [5.41, 5.74) is 3.11. The molecule has 0 saturated heterocycles. The number of aromatic nitrogens is 2. The number of fused-ring (bicyclic) bond motifs is 2. The molecule has 5 rings (SSSR count). The van der Waals surface area contributed by atoms with Crippen molar-refractivity contribution in [2.45, 2.75) is 53.5 Å². The first-order chi connectivity index (χ1) is 17.9. The zero-order valence-corrected chi connectivity index (χ0v) is 22.4. The Morgan fingerprint density at radius 1 is 0.973 bits per heavy atom. The van der Waals surface area contributed by atoms with Crippen LogP contribution in [0.3, 0.4) is 0 Å². The molecule has 9 heteroatoms. The van der Waals surface area contributed by atoms with E-state index in [4.69, 9.17) is 13.9 Å². The number of anilines is 1. The van der Waals surface area contributed by atoms with Crippen LogP contribution in [0.25, 0.3) is 11.0 Å². The largest absolute Gasteiger partial charge is 0.490 e. The van der Waals surface area contributed by atoms with Crippen LogP contribution in [0.2, 0.25) is 0 Å². The fourth-order valence-electron chi connectivity index (χ4n) is 4.64. The van der Waals surface area contributed by atoms with E-state index in [1.165, 1.54) is 16.2 Å². The Hall–Kier alpha value is -3.72. The molecule has 0 saturated carbocycles. The van der Waals surface area contributed by atoms with Crippen molar-refractivity contribution in [1.82, 2.24) is 10.2 Å². The van der Waals surface area contributed by atoms with Gasteiger partial charge in [0.15, 0.2) is 16.9 Å². The van der Waals surface area contributed by atoms with E-state index < -0.39 is 11.9 Å². The number of benzene rings is 2. The summed E-state index contributed by atoms with van der Waals surface area (Å²) in [7, 11) is 0. The minimum atomic E-state index is -0.748. The Kier molecular flexibility index (Phi) is 6.72. The van der Waals surface area contributed by atoms with Gasteiger partial charge in [0, 0.05) is 6.42 Å². The molecular formula is C28H29N3O5S. The topological polar surface area (TPSA) is 94.8 Å². The summed E-state index contributed by atoms with van der Waals surface area (Å²) >= 11 is 1.35. The van der Waals surface area contributed by atoms with Crippen molar-refractivity contribution >= 4 is 33.3 Å². The summed E-state index contributed by atoms with van der Waals surface area (Å²) in [6.45, 7) is 10.7. The van der Waals surface area contributed by atoms with Gasteiger partial charge in [0.2, 0.25) is 10.9 Å². The lowest BCUT2D eigenvalue weighted by molar-refractivity contribution is 0.0970. The molecule has 1 aliphatic heterocycles. The second-order valence-electron chi connectivity index (χ2n) is 8.98. The van der Waals surface area contributed by atoms with E-state index in [2.05, 4.69) is 17.1 Å². The molecular weight excluding hydrogens is 490 g/mol. The Labute approximate surface area is 218 Å². The normalized spacial score (nSPS) is 14.9. The van der Waals surface area contributed by atoms with Crippen molar-refractivity contribution in [2.24, 2.45) is 0 Å². The van der Waals surface area contributed by atoms with Crippen LogP contribution in [-0.4, -0.2) is 29.3 Å². The number of hydrogen-bond donors (Lipinski definition) is 0. The first-order valence-electron chi connectivity index (χ1n) is 12.5. The first-order valence-corrected chi connectivity index (χ1v) is 13.3. The van der Waals surface area contributed by atoms with Crippen LogP contribution < -0.4 is 19.8 Å². The van der Waals surface area contributed by atoms with Gasteiger partial charge in [-0.05, 0) is 75.1 Å². The van der Waals surface area contributed by atoms with Crippen LogP contribution in [0.4, 0.5) is 5.13 Å². The highest BCUT2D eigenvalue weighted by atomic mass is 32.1. The van der Waals surface area contributed by atoms with Crippen molar-refractivity contribution in [3.05, 3.63) is 73.6 Å². The fourth-order valence-corrected chi connectivity index (χ4v) is 5.60. The number of nitrogens with zero attached hydrogens (tertiary/aromatic N) is 3. The average molecular weight is 520 g/mol. The van der Waals surface area contributed by atoms with Crippen LogP contribution >= 0.6 is 11.3 Å². The van der Waals surface area contributed by atoms with E-state index in [0.29, 0.717) is 51.9 Å². The highest BCUT2D eigenvalue weighted by molar-refractivity contribution is 7.15. The third-order valence-electron chi connectivity index (χ3n) is 6.50. The molecule has 1 aliphatic rings. The molecule has 0 spiro atoms. The van der Waals surface area contributed by atoms with Gasteiger partial charge in [-0.1, -0.05) is 24.3 Å². The van der Waals surface area contributed by atoms with Crippen molar-refractivity contribution in [3.8, 4) is 11.5 Å². The van der Waals surface area contributed by atoms with Gasteiger partial charge in [-0.2, -0.15) is 0 Å². The van der Waals surface area contributed by atoms with E-state index in [-0.39, 0.29) is 11.2 Å². The van der Waals surface area contributed by atoms with Crippen LogP contribution in [0, 0.1) is 13.8 Å². The Bertz CT molecular complexity index is 1560. The molecule has 1 atom stereocenters. The molecule has 0 bridgehead atoms. The molecule has 1 unspecified atom stereocenters. The summed E-state index contributed by atoms with van der Waals surface area (Å²) in [6.07, 6.45) is 1.67. The van der Waals surface area contributed by atoms with Gasteiger partial charge >= 0.3 is 0 Å². The number of hydrogen-bond acceptors (Lipinski definition) is 8. The van der Waals surface area contributed by atoms with Crippen molar-refractivity contribution in [2.75, 3.05) is 18.1 Å². The Morgan fingerprint density at radius 2 is 1.70 bits per heavy atom. The van der Waals surface area contributed by atoms with Gasteiger partial charge in [0.25, 0.3) is 5.91 Å². The highest BCUT2D eigenvalue weighted by Crippen LogP contribution is 2.44. The third kappa shape index (κ3) is 4.27. The lowest BCUT2D eigenvalue weighted by Crippen LogP contribution is -2.29. The molecule has 0 fully saturated rings. The molecule has 37 heavy (non-hydrogen) atoms. The maximum Gasteiger partial charge on any atom is 0.297 e. The van der Waals surface area contributed by atoms with Crippen LogP contribution in [0.1, 0.15) is 71.1 Å². The van der Waals surface area contributed by atoms with Crippen molar-refractivity contribution in [1.29, 1.82) is 0 Å². The predicted octanol–water partition coefficient (Wildman–Crippen LogP) is 5.76. The highest BCUT2D eigenvalue weighted by Gasteiger charge is 2.45. The number of aryl methyl sites for hydroxylation is 3. The van der Waals surface area contributed by atoms with Gasteiger partial charge in [-0.3, -0.25) is 14.5 Å². The van der Waals surface area contributed by atoms with Crippen LogP contribution in [-0.2, 0) is 6.42 Å². The zero-order chi connectivity index (χ0) is 26.3. The smallest absolute Gasteiger partial charge is 0.297 e. The van der Waals surface area contributed by atoms with E-state index >= 15 is 0 Å². The molecule has 1 amide bonds. The maximum absolute atomic E-state index is 14.0. The average Bonchev–Trinajstić information content (AvgIpc) is 3.44. The van der Waals surface area contributed by atoms with Gasteiger partial charge in [-0.25, -0.2) is 0 Å². The summed E-state index contributed by atoms with van der Waals surface area (Å²) in [5, 5.41) is 10.3. The lowest BCUT2D eigenvalue weighted by Gasteiger charge is -2.23. The maximum atomic E-state index is 14.0. The quantitative estimate of drug-likeness (QED) is 0.292. The molecule has 2 aromatic carbocycles. The molecule has 4 aromatic rings. The minimum Gasteiger partial charge on any atom is -0.490 e. The monoisotopic (exact) mass is 519 g/mol. The molecule has 192 valence electrons. The predicted molar refractivity (Wildman–Crippen MR) is 143 cm³/mol. The molecule has 0 radical (unpaired) electrons. The Balaban J connectivity index is 1.76. The number of carbonyl (C=O) groups is 1. The van der Waals surface area contributed by atoms with E-state index in [1.54, 1.807) is 0 Å². The second kappa shape index (κ2) is 9.97. The number of amides is 1. The number of carbonyl (C=O) groups excluding carboxylic acids is 1.